The van der Waals surface area contributed by atoms with Crippen LogP contribution in [-0.4, -0.2) is 15.0 Å². The van der Waals surface area contributed by atoms with Crippen molar-refractivity contribution in [3.8, 4) is 33.9 Å². The van der Waals surface area contributed by atoms with Crippen LogP contribution in [0.1, 0.15) is 17.0 Å². The minimum absolute atomic E-state index is 0.704. The molecule has 1 aromatic heterocycles. The third-order valence-electron chi connectivity index (χ3n) is 4.71. The van der Waals surface area contributed by atoms with Gasteiger partial charge in [0.2, 0.25) is 0 Å². The van der Waals surface area contributed by atoms with Crippen molar-refractivity contribution >= 4 is 0 Å². The predicted molar refractivity (Wildman–Crippen MR) is 110 cm³/mol. The van der Waals surface area contributed by atoms with Crippen LogP contribution >= 0.6 is 0 Å². The largest absolute Gasteiger partial charge is 0.213 e. The molecule has 0 amide bonds. The first-order valence-corrected chi connectivity index (χ1v) is 9.07. The lowest BCUT2D eigenvalue weighted by molar-refractivity contribution is 0.992. The zero-order chi connectivity index (χ0) is 18.8. The van der Waals surface area contributed by atoms with Crippen LogP contribution in [0.15, 0.2) is 72.8 Å². The summed E-state index contributed by atoms with van der Waals surface area (Å²) >= 11 is 0. The highest BCUT2D eigenvalue weighted by molar-refractivity contribution is 5.84. The van der Waals surface area contributed by atoms with Crippen molar-refractivity contribution in [3.63, 3.8) is 0 Å². The van der Waals surface area contributed by atoms with E-state index in [2.05, 4.69) is 66.3 Å². The highest BCUT2D eigenvalue weighted by Gasteiger charge is 2.16. The van der Waals surface area contributed by atoms with Gasteiger partial charge >= 0.3 is 0 Å². The van der Waals surface area contributed by atoms with Crippen molar-refractivity contribution < 1.29 is 0 Å². The summed E-state index contributed by atoms with van der Waals surface area (Å²) in [5, 5.41) is 0. The van der Waals surface area contributed by atoms with Gasteiger partial charge in [-0.05, 0) is 43.0 Å². The van der Waals surface area contributed by atoms with Crippen molar-refractivity contribution in [2.24, 2.45) is 0 Å². The number of aryl methyl sites for hydroxylation is 3. The Morgan fingerprint density at radius 1 is 0.519 bits per heavy atom. The lowest BCUT2D eigenvalue weighted by atomic mass is 9.92. The van der Waals surface area contributed by atoms with Crippen LogP contribution < -0.4 is 0 Å². The summed E-state index contributed by atoms with van der Waals surface area (Å²) in [5.74, 6) is 2.13. The highest BCUT2D eigenvalue weighted by atomic mass is 15.0. The molecule has 3 aromatic carbocycles. The number of hydrogen-bond acceptors (Lipinski definition) is 3. The van der Waals surface area contributed by atoms with E-state index >= 15 is 0 Å². The molecule has 0 unspecified atom stereocenters. The monoisotopic (exact) mass is 351 g/mol. The zero-order valence-corrected chi connectivity index (χ0v) is 15.8. The first kappa shape index (κ1) is 17.1. The first-order valence-electron chi connectivity index (χ1n) is 9.07. The Kier molecular flexibility index (Phi) is 4.51. The second kappa shape index (κ2) is 7.12. The molecule has 0 bridgehead atoms. The summed E-state index contributed by atoms with van der Waals surface area (Å²) in [6.07, 6.45) is 0. The molecular weight excluding hydrogens is 330 g/mol. The minimum atomic E-state index is 0.704. The van der Waals surface area contributed by atoms with Crippen LogP contribution in [-0.2, 0) is 0 Å². The van der Waals surface area contributed by atoms with Crippen LogP contribution in [0, 0.1) is 20.8 Å². The zero-order valence-electron chi connectivity index (χ0n) is 15.8. The van der Waals surface area contributed by atoms with E-state index in [-0.39, 0.29) is 0 Å². The Balaban J connectivity index is 1.94. The molecule has 0 aliphatic carbocycles. The van der Waals surface area contributed by atoms with E-state index in [9.17, 15) is 0 Å². The molecule has 0 atom stereocenters. The Hall–Kier alpha value is -3.33. The predicted octanol–water partition coefficient (Wildman–Crippen LogP) is 5.80. The van der Waals surface area contributed by atoms with Gasteiger partial charge in [0.05, 0.1) is 0 Å². The molecule has 132 valence electrons. The molecule has 0 saturated heterocycles. The Morgan fingerprint density at radius 2 is 1.15 bits per heavy atom. The normalized spacial score (nSPS) is 10.8. The van der Waals surface area contributed by atoms with Crippen LogP contribution in [0.2, 0.25) is 0 Å². The Labute approximate surface area is 159 Å². The molecule has 0 N–H and O–H groups in total. The summed E-state index contributed by atoms with van der Waals surface area (Å²) in [4.78, 5) is 14.0. The van der Waals surface area contributed by atoms with Crippen molar-refractivity contribution in [3.05, 3.63) is 89.7 Å². The number of nitrogens with zero attached hydrogens (tertiary/aromatic N) is 3. The van der Waals surface area contributed by atoms with E-state index in [1.807, 2.05) is 37.3 Å². The Morgan fingerprint density at radius 3 is 1.93 bits per heavy atom. The van der Waals surface area contributed by atoms with Crippen LogP contribution in [0.5, 0.6) is 0 Å². The molecule has 0 fully saturated rings. The van der Waals surface area contributed by atoms with Crippen molar-refractivity contribution in [2.75, 3.05) is 0 Å². The Bertz CT molecular complexity index is 1100. The summed E-state index contributed by atoms with van der Waals surface area (Å²) in [5.41, 5.74) is 6.87. The van der Waals surface area contributed by atoms with Gasteiger partial charge in [-0.15, -0.1) is 0 Å². The number of benzene rings is 3. The average Bonchev–Trinajstić information content (AvgIpc) is 2.69. The molecule has 0 aliphatic rings. The van der Waals surface area contributed by atoms with Gasteiger partial charge in [-0.25, -0.2) is 15.0 Å². The summed E-state index contributed by atoms with van der Waals surface area (Å²) in [6, 6.07) is 24.8. The maximum Gasteiger partial charge on any atom is 0.164 e. The maximum atomic E-state index is 4.81. The van der Waals surface area contributed by atoms with Gasteiger partial charge < -0.3 is 0 Å². The number of aromatic nitrogens is 3. The topological polar surface area (TPSA) is 38.7 Å². The molecule has 0 saturated carbocycles. The highest BCUT2D eigenvalue weighted by Crippen LogP contribution is 2.35. The summed E-state index contributed by atoms with van der Waals surface area (Å²) in [6.45, 7) is 6.19. The van der Waals surface area contributed by atoms with Crippen LogP contribution in [0.25, 0.3) is 33.9 Å². The molecule has 1 heterocycles. The van der Waals surface area contributed by atoms with E-state index in [1.54, 1.807) is 0 Å². The lowest BCUT2D eigenvalue weighted by Gasteiger charge is -2.15. The fraction of sp³-hybridized carbons (Fsp3) is 0.125. The van der Waals surface area contributed by atoms with E-state index in [0.29, 0.717) is 11.6 Å². The van der Waals surface area contributed by atoms with E-state index in [1.165, 1.54) is 22.3 Å². The number of rotatable bonds is 3. The lowest BCUT2D eigenvalue weighted by Crippen LogP contribution is -2.01. The van der Waals surface area contributed by atoms with Gasteiger partial charge in [-0.1, -0.05) is 72.8 Å². The summed E-state index contributed by atoms with van der Waals surface area (Å²) < 4.78 is 0. The van der Waals surface area contributed by atoms with E-state index in [0.717, 1.165) is 17.0 Å². The fourth-order valence-electron chi connectivity index (χ4n) is 3.38. The molecule has 4 aromatic rings. The molecular formula is C24H21N3. The smallest absolute Gasteiger partial charge is 0.164 e. The second-order valence-electron chi connectivity index (χ2n) is 6.71. The third-order valence-corrected chi connectivity index (χ3v) is 4.71. The van der Waals surface area contributed by atoms with Gasteiger partial charge in [0.1, 0.15) is 5.82 Å². The van der Waals surface area contributed by atoms with E-state index < -0.39 is 0 Å². The molecule has 4 rings (SSSR count). The van der Waals surface area contributed by atoms with Gasteiger partial charge in [0.25, 0.3) is 0 Å². The first-order chi connectivity index (χ1) is 13.1. The van der Waals surface area contributed by atoms with Gasteiger partial charge in [0.15, 0.2) is 11.6 Å². The fourth-order valence-corrected chi connectivity index (χ4v) is 3.38. The third kappa shape index (κ3) is 3.36. The van der Waals surface area contributed by atoms with E-state index in [4.69, 9.17) is 4.98 Å². The molecule has 3 nitrogen and oxygen atoms in total. The molecule has 27 heavy (non-hydrogen) atoms. The van der Waals surface area contributed by atoms with Crippen molar-refractivity contribution in [2.45, 2.75) is 20.8 Å². The summed E-state index contributed by atoms with van der Waals surface area (Å²) in [7, 11) is 0. The second-order valence-corrected chi connectivity index (χ2v) is 6.71. The molecule has 0 aliphatic heterocycles. The molecule has 0 spiro atoms. The molecule has 0 radical (unpaired) electrons. The SMILES string of the molecule is Cc1nc(-c2ccccc2)nc(-c2cccc(C)c2-c2ccccc2C)n1. The standard InChI is InChI=1S/C24H21N3/c1-16-10-7-8-14-20(16)22-17(2)11-9-15-21(22)24-26-18(3)25-23(27-24)19-12-5-4-6-13-19/h4-15H,1-3H3. The van der Waals surface area contributed by atoms with Crippen molar-refractivity contribution in [1.29, 1.82) is 0 Å². The van der Waals surface area contributed by atoms with Gasteiger partial charge in [0, 0.05) is 11.1 Å². The van der Waals surface area contributed by atoms with Crippen LogP contribution in [0.4, 0.5) is 0 Å². The van der Waals surface area contributed by atoms with Crippen molar-refractivity contribution in [1.82, 2.24) is 15.0 Å². The van der Waals surface area contributed by atoms with Gasteiger partial charge in [-0.2, -0.15) is 0 Å². The average molecular weight is 351 g/mol. The minimum Gasteiger partial charge on any atom is -0.213 e. The maximum absolute atomic E-state index is 4.81. The number of hydrogen-bond donors (Lipinski definition) is 0. The molecule has 3 heteroatoms. The van der Waals surface area contributed by atoms with Crippen LogP contribution in [0.3, 0.4) is 0 Å². The quantitative estimate of drug-likeness (QED) is 0.468. The van der Waals surface area contributed by atoms with Gasteiger partial charge in [-0.3, -0.25) is 0 Å².